The van der Waals surface area contributed by atoms with Crippen molar-refractivity contribution in [2.45, 2.75) is 226 Å². The van der Waals surface area contributed by atoms with Crippen LogP contribution in [0.15, 0.2) is 0 Å². The molecule has 0 amide bonds. The smallest absolute Gasteiger partial charge is 0.0125 e. The molecule has 0 saturated carbocycles. The van der Waals surface area contributed by atoms with Gasteiger partial charge in [-0.2, -0.15) is 0 Å². The molecule has 0 fully saturated rings. The second kappa shape index (κ2) is 31.8. The van der Waals surface area contributed by atoms with Gasteiger partial charge in [0.05, 0.1) is 0 Å². The minimum Gasteiger partial charge on any atom is -0.325 e. The van der Waals surface area contributed by atoms with E-state index in [0.717, 1.165) is 0 Å². The van der Waals surface area contributed by atoms with Crippen LogP contribution in [-0.4, -0.2) is 5.54 Å². The molecule has 0 aromatic rings. The Labute approximate surface area is 249 Å². The molecule has 0 radical (unpaired) electrons. The Hall–Kier alpha value is 0.250. The molecular formula is C36H76ClN. The topological polar surface area (TPSA) is 26.0 Å². The van der Waals surface area contributed by atoms with Gasteiger partial charge in [0, 0.05) is 5.54 Å². The summed E-state index contributed by atoms with van der Waals surface area (Å²) in [6.07, 6.45) is 43.1. The number of hydrogen-bond acceptors (Lipinski definition) is 1. The first-order valence-corrected chi connectivity index (χ1v) is 17.8. The van der Waals surface area contributed by atoms with E-state index in [2.05, 4.69) is 27.7 Å². The average molecular weight is 558 g/mol. The Morgan fingerprint density at radius 3 is 0.737 bits per heavy atom. The van der Waals surface area contributed by atoms with Crippen molar-refractivity contribution in [1.29, 1.82) is 0 Å². The summed E-state index contributed by atoms with van der Waals surface area (Å²) in [5, 5.41) is 0. The second-order valence-electron chi connectivity index (χ2n) is 13.3. The summed E-state index contributed by atoms with van der Waals surface area (Å²) in [5.41, 5.74) is 6.58. The Morgan fingerprint density at radius 2 is 0.553 bits per heavy atom. The molecule has 0 spiro atoms. The summed E-state index contributed by atoms with van der Waals surface area (Å²) >= 11 is 0. The Balaban J connectivity index is 0. The van der Waals surface area contributed by atoms with Crippen molar-refractivity contribution in [1.82, 2.24) is 0 Å². The molecule has 1 nitrogen and oxygen atoms in total. The predicted octanol–water partition coefficient (Wildman–Crippen LogP) is 13.5. The lowest BCUT2D eigenvalue weighted by atomic mass is 9.80. The van der Waals surface area contributed by atoms with E-state index < -0.39 is 0 Å². The SMILES string of the molecule is CCCCCCCCCCCCCCCCC(CCCCCCCCCCCCCCCC)C(C)(C)N.Cl. The normalized spacial score (nSPS) is 11.8. The molecular weight excluding hydrogens is 482 g/mol. The summed E-state index contributed by atoms with van der Waals surface area (Å²) in [4.78, 5) is 0. The maximum atomic E-state index is 6.59. The van der Waals surface area contributed by atoms with Crippen molar-refractivity contribution in [3.63, 3.8) is 0 Å². The van der Waals surface area contributed by atoms with Gasteiger partial charge in [0.2, 0.25) is 0 Å². The maximum absolute atomic E-state index is 6.59. The molecule has 0 aliphatic carbocycles. The quantitative estimate of drug-likeness (QED) is 0.0842. The highest BCUT2D eigenvalue weighted by atomic mass is 35.5. The van der Waals surface area contributed by atoms with Crippen molar-refractivity contribution in [3.05, 3.63) is 0 Å². The van der Waals surface area contributed by atoms with Gasteiger partial charge in [-0.05, 0) is 32.6 Å². The minimum atomic E-state index is -0.00687. The number of unbranched alkanes of at least 4 members (excludes halogenated alkanes) is 26. The standard InChI is InChI=1S/C36H75N.ClH/c1-5-7-9-11-13-15-17-19-21-23-25-27-29-31-33-35(36(3,4)37)34-32-30-28-26-24-22-20-18-16-14-12-10-8-6-2;/h35H,5-34,37H2,1-4H3;1H. The summed E-state index contributed by atoms with van der Waals surface area (Å²) in [6, 6.07) is 0. The highest BCUT2D eigenvalue weighted by Gasteiger charge is 2.23. The molecule has 2 heteroatoms. The van der Waals surface area contributed by atoms with Crippen LogP contribution in [0.5, 0.6) is 0 Å². The maximum Gasteiger partial charge on any atom is 0.0125 e. The molecule has 0 unspecified atom stereocenters. The lowest BCUT2D eigenvalue weighted by molar-refractivity contribution is 0.267. The van der Waals surface area contributed by atoms with Crippen molar-refractivity contribution in [2.75, 3.05) is 0 Å². The first-order chi connectivity index (χ1) is 18.0. The third kappa shape index (κ3) is 30.8. The van der Waals surface area contributed by atoms with E-state index in [0.29, 0.717) is 5.92 Å². The summed E-state index contributed by atoms with van der Waals surface area (Å²) in [5.74, 6) is 0.710. The predicted molar refractivity (Wildman–Crippen MR) is 179 cm³/mol. The molecule has 0 bridgehead atoms. The van der Waals surface area contributed by atoms with Gasteiger partial charge in [0.25, 0.3) is 0 Å². The molecule has 232 valence electrons. The molecule has 0 aromatic carbocycles. The van der Waals surface area contributed by atoms with Gasteiger partial charge in [-0.1, -0.05) is 194 Å². The Bertz CT molecular complexity index is 384. The lowest BCUT2D eigenvalue weighted by Crippen LogP contribution is -2.40. The van der Waals surface area contributed by atoms with Gasteiger partial charge in [0.15, 0.2) is 0 Å². The molecule has 0 aliphatic rings. The van der Waals surface area contributed by atoms with Crippen LogP contribution in [0.25, 0.3) is 0 Å². The zero-order valence-corrected chi connectivity index (χ0v) is 28.1. The van der Waals surface area contributed by atoms with E-state index in [-0.39, 0.29) is 17.9 Å². The van der Waals surface area contributed by atoms with E-state index >= 15 is 0 Å². The van der Waals surface area contributed by atoms with Crippen LogP contribution >= 0.6 is 12.4 Å². The van der Waals surface area contributed by atoms with Crippen molar-refractivity contribution >= 4 is 12.4 Å². The van der Waals surface area contributed by atoms with Gasteiger partial charge in [-0.15, -0.1) is 12.4 Å². The third-order valence-corrected chi connectivity index (χ3v) is 8.86. The van der Waals surface area contributed by atoms with Crippen LogP contribution < -0.4 is 5.73 Å². The molecule has 2 N–H and O–H groups in total. The number of hydrogen-bond donors (Lipinski definition) is 1. The van der Waals surface area contributed by atoms with Crippen molar-refractivity contribution in [2.24, 2.45) is 11.7 Å². The number of nitrogens with two attached hydrogens (primary N) is 1. The zero-order chi connectivity index (χ0) is 27.3. The average Bonchev–Trinajstić information content (AvgIpc) is 2.87. The lowest BCUT2D eigenvalue weighted by Gasteiger charge is -2.31. The van der Waals surface area contributed by atoms with Gasteiger partial charge in [0.1, 0.15) is 0 Å². The van der Waals surface area contributed by atoms with Crippen molar-refractivity contribution < 1.29 is 0 Å². The monoisotopic (exact) mass is 558 g/mol. The van der Waals surface area contributed by atoms with Crippen LogP contribution in [0.1, 0.15) is 220 Å². The van der Waals surface area contributed by atoms with Crippen LogP contribution in [0, 0.1) is 5.92 Å². The fourth-order valence-corrected chi connectivity index (χ4v) is 6.06. The number of rotatable bonds is 31. The van der Waals surface area contributed by atoms with Crippen LogP contribution in [-0.2, 0) is 0 Å². The largest absolute Gasteiger partial charge is 0.325 e. The molecule has 0 atom stereocenters. The highest BCUT2D eigenvalue weighted by molar-refractivity contribution is 5.85. The van der Waals surface area contributed by atoms with Crippen molar-refractivity contribution in [3.8, 4) is 0 Å². The minimum absolute atomic E-state index is 0. The van der Waals surface area contributed by atoms with Gasteiger partial charge in [-0.3, -0.25) is 0 Å². The number of halogens is 1. The Morgan fingerprint density at radius 1 is 0.368 bits per heavy atom. The second-order valence-corrected chi connectivity index (χ2v) is 13.3. The molecule has 0 heterocycles. The fourth-order valence-electron chi connectivity index (χ4n) is 6.06. The van der Waals surface area contributed by atoms with Crippen LogP contribution in [0.2, 0.25) is 0 Å². The summed E-state index contributed by atoms with van der Waals surface area (Å²) < 4.78 is 0. The van der Waals surface area contributed by atoms with Crippen LogP contribution in [0.3, 0.4) is 0 Å². The molecule has 0 rings (SSSR count). The van der Waals surface area contributed by atoms with Crippen LogP contribution in [0.4, 0.5) is 0 Å². The van der Waals surface area contributed by atoms with Gasteiger partial charge < -0.3 is 5.73 Å². The van der Waals surface area contributed by atoms with E-state index in [1.54, 1.807) is 0 Å². The van der Waals surface area contributed by atoms with Gasteiger partial charge in [-0.25, -0.2) is 0 Å². The molecule has 38 heavy (non-hydrogen) atoms. The van der Waals surface area contributed by atoms with E-state index in [1.165, 1.54) is 193 Å². The first kappa shape index (κ1) is 40.4. The van der Waals surface area contributed by atoms with Gasteiger partial charge >= 0.3 is 0 Å². The summed E-state index contributed by atoms with van der Waals surface area (Å²) in [6.45, 7) is 9.15. The fraction of sp³-hybridized carbons (Fsp3) is 1.00. The molecule has 0 aromatic heterocycles. The third-order valence-electron chi connectivity index (χ3n) is 8.86. The highest BCUT2D eigenvalue weighted by Crippen LogP contribution is 2.27. The zero-order valence-electron chi connectivity index (χ0n) is 27.3. The molecule has 0 aliphatic heterocycles. The first-order valence-electron chi connectivity index (χ1n) is 17.8. The van der Waals surface area contributed by atoms with E-state index in [4.69, 9.17) is 5.73 Å². The molecule has 0 saturated heterocycles. The van der Waals surface area contributed by atoms with E-state index in [1.807, 2.05) is 0 Å². The summed E-state index contributed by atoms with van der Waals surface area (Å²) in [7, 11) is 0. The Kier molecular flexibility index (Phi) is 33.8. The van der Waals surface area contributed by atoms with E-state index in [9.17, 15) is 0 Å².